The van der Waals surface area contributed by atoms with Crippen molar-refractivity contribution in [3.63, 3.8) is 0 Å². The first kappa shape index (κ1) is 24.1. The highest BCUT2D eigenvalue weighted by Crippen LogP contribution is 2.43. The smallest absolute Gasteiger partial charge is 0.233 e. The lowest BCUT2D eigenvalue weighted by molar-refractivity contribution is 0.0920. The lowest BCUT2D eigenvalue weighted by Gasteiger charge is -2.20. The number of hydrogen-bond donors (Lipinski definition) is 2. The Morgan fingerprint density at radius 2 is 1.94 bits per heavy atom. The molecule has 0 spiro atoms. The monoisotopic (exact) mass is 488 g/mol. The maximum absolute atomic E-state index is 9.89. The third kappa shape index (κ3) is 5.89. The van der Waals surface area contributed by atoms with Crippen LogP contribution in [0.1, 0.15) is 19.5 Å². The first-order valence-electron chi connectivity index (χ1n) is 10.8. The lowest BCUT2D eigenvalue weighted by Crippen LogP contribution is -2.17. The van der Waals surface area contributed by atoms with Gasteiger partial charge in [-0.25, -0.2) is 9.98 Å². The van der Waals surface area contributed by atoms with Crippen LogP contribution in [0.3, 0.4) is 0 Å². The van der Waals surface area contributed by atoms with Crippen LogP contribution in [0, 0.1) is 0 Å². The van der Waals surface area contributed by atoms with E-state index >= 15 is 0 Å². The van der Waals surface area contributed by atoms with Crippen LogP contribution in [-0.2, 0) is 9.47 Å². The SMILES string of the molecule is COC[C@H](C)Oc1cc(Oc2ccc(S(C)(O)[OH2+])nc2)cc(-c2ccc(C3=NC[C@H](C)O3)[nH]2)c1. The van der Waals surface area contributed by atoms with Gasteiger partial charge >= 0.3 is 0 Å². The molecule has 0 saturated heterocycles. The molecule has 0 saturated carbocycles. The van der Waals surface area contributed by atoms with Gasteiger partial charge in [0.2, 0.25) is 5.90 Å². The molecule has 3 atom stereocenters. The summed E-state index contributed by atoms with van der Waals surface area (Å²) >= 11 is 0. The van der Waals surface area contributed by atoms with Gasteiger partial charge in [0.25, 0.3) is 0 Å². The topological polar surface area (TPSA) is 121 Å². The van der Waals surface area contributed by atoms with Crippen LogP contribution < -0.4 is 9.47 Å². The van der Waals surface area contributed by atoms with Crippen LogP contribution in [0.15, 0.2) is 58.7 Å². The molecule has 1 aliphatic heterocycles. The van der Waals surface area contributed by atoms with Gasteiger partial charge in [0.05, 0.1) is 25.6 Å². The van der Waals surface area contributed by atoms with E-state index in [1.54, 1.807) is 25.3 Å². The maximum Gasteiger partial charge on any atom is 0.233 e. The Hall–Kier alpha value is -3.05. The fourth-order valence-corrected chi connectivity index (χ4v) is 4.06. The van der Waals surface area contributed by atoms with Crippen molar-refractivity contribution in [2.24, 2.45) is 4.99 Å². The molecule has 10 heteroatoms. The molecular weight excluding hydrogens is 458 g/mol. The summed E-state index contributed by atoms with van der Waals surface area (Å²) in [7, 11) is -1.01. The molecule has 0 fully saturated rings. The van der Waals surface area contributed by atoms with Gasteiger partial charge in [-0.1, -0.05) is 10.6 Å². The number of nitrogens with zero attached hydrogens (tertiary/aromatic N) is 2. The minimum atomic E-state index is -2.64. The molecule has 182 valence electrons. The van der Waals surface area contributed by atoms with Crippen molar-refractivity contribution in [1.29, 1.82) is 0 Å². The van der Waals surface area contributed by atoms with Crippen molar-refractivity contribution in [3.05, 3.63) is 54.4 Å². The van der Waals surface area contributed by atoms with Crippen LogP contribution >= 0.6 is 10.6 Å². The number of benzene rings is 1. The number of H-pyrrole nitrogens is 1. The summed E-state index contributed by atoms with van der Waals surface area (Å²) in [6.45, 7) is 5.01. The van der Waals surface area contributed by atoms with Crippen LogP contribution in [0.4, 0.5) is 0 Å². The van der Waals surface area contributed by atoms with Gasteiger partial charge < -0.3 is 28.5 Å². The first-order chi connectivity index (χ1) is 16.2. The second-order valence-corrected chi connectivity index (χ2v) is 10.4. The summed E-state index contributed by atoms with van der Waals surface area (Å²) < 4.78 is 40.7. The Morgan fingerprint density at radius 1 is 1.18 bits per heavy atom. The Labute approximate surface area is 200 Å². The molecule has 1 unspecified atom stereocenters. The summed E-state index contributed by atoms with van der Waals surface area (Å²) in [5.74, 6) is 2.26. The number of pyridine rings is 1. The molecule has 1 aromatic carbocycles. The van der Waals surface area contributed by atoms with Gasteiger partial charge in [-0.05, 0) is 50.2 Å². The normalized spacial score (nSPS) is 19.0. The number of hydrogen-bond acceptors (Lipinski definition) is 7. The highest BCUT2D eigenvalue weighted by molar-refractivity contribution is 8.23. The van der Waals surface area contributed by atoms with Crippen molar-refractivity contribution in [1.82, 2.24) is 9.97 Å². The molecule has 9 nitrogen and oxygen atoms in total. The molecule has 0 radical (unpaired) electrons. The van der Waals surface area contributed by atoms with Gasteiger partial charge in [0, 0.05) is 24.4 Å². The van der Waals surface area contributed by atoms with E-state index in [0.29, 0.717) is 41.3 Å². The lowest BCUT2D eigenvalue weighted by atomic mass is 10.1. The minimum absolute atomic E-state index is 0.0705. The molecule has 34 heavy (non-hydrogen) atoms. The molecule has 0 amide bonds. The molecule has 1 aliphatic rings. The number of rotatable bonds is 9. The standard InChI is InChI=1S/C24H29N3O6S/c1-15-12-26-24(32-15)22-7-6-21(27-22)17-9-19(31-16(2)14-30-3)11-20(10-17)33-18-5-8-23(25-13-18)34(4,28)29/h5-11,13,15-16,27-29H,12,14H2,1-4H3/p+1/t15-,16-/m0/s1. The number of aromatic amines is 1. The number of methoxy groups -OCH3 is 1. The predicted octanol–water partition coefficient (Wildman–Crippen LogP) is 4.35. The average Bonchev–Trinajstić information content (AvgIpc) is 3.43. The zero-order valence-electron chi connectivity index (χ0n) is 19.6. The molecule has 4 rings (SSSR count). The van der Waals surface area contributed by atoms with Crippen molar-refractivity contribution < 1.29 is 28.1 Å². The van der Waals surface area contributed by atoms with Gasteiger partial charge in [-0.2, -0.15) is 0 Å². The van der Waals surface area contributed by atoms with E-state index in [0.717, 1.165) is 17.0 Å². The second kappa shape index (κ2) is 10.1. The van der Waals surface area contributed by atoms with Crippen LogP contribution in [0.5, 0.6) is 17.2 Å². The van der Waals surface area contributed by atoms with Gasteiger partial charge in [-0.3, -0.25) is 4.55 Å². The molecule has 4 N–H and O–H groups in total. The first-order valence-corrected chi connectivity index (χ1v) is 12.8. The zero-order chi connectivity index (χ0) is 24.3. The van der Waals surface area contributed by atoms with Gasteiger partial charge in [0.1, 0.15) is 35.2 Å². The molecule has 0 bridgehead atoms. The summed E-state index contributed by atoms with van der Waals surface area (Å²) in [4.78, 5) is 12.0. The van der Waals surface area contributed by atoms with E-state index in [1.807, 2.05) is 38.1 Å². The van der Waals surface area contributed by atoms with Gasteiger partial charge in [0.15, 0.2) is 5.03 Å². The van der Waals surface area contributed by atoms with E-state index in [4.69, 9.17) is 23.5 Å². The highest BCUT2D eigenvalue weighted by atomic mass is 32.3. The third-order valence-corrected chi connectivity index (χ3v) is 6.06. The Balaban J connectivity index is 1.62. The average molecular weight is 489 g/mol. The molecule has 0 aliphatic carbocycles. The van der Waals surface area contributed by atoms with E-state index in [9.17, 15) is 4.55 Å². The van der Waals surface area contributed by atoms with Crippen LogP contribution in [-0.4, -0.2) is 63.7 Å². The van der Waals surface area contributed by atoms with E-state index in [2.05, 4.69) is 15.0 Å². The fourth-order valence-electron chi connectivity index (χ4n) is 3.47. The van der Waals surface area contributed by atoms with Crippen LogP contribution in [0.25, 0.3) is 11.3 Å². The van der Waals surface area contributed by atoms with Crippen molar-refractivity contribution in [2.45, 2.75) is 31.1 Å². The van der Waals surface area contributed by atoms with E-state index in [1.165, 1.54) is 12.5 Å². The van der Waals surface area contributed by atoms with Gasteiger partial charge in [-0.15, -0.1) is 0 Å². The Kier molecular flexibility index (Phi) is 7.13. The summed E-state index contributed by atoms with van der Waals surface area (Å²) in [6, 6.07) is 12.8. The fraction of sp³-hybridized carbons (Fsp3) is 0.333. The molecule has 2 aromatic heterocycles. The Morgan fingerprint density at radius 3 is 2.59 bits per heavy atom. The largest absolute Gasteiger partial charge is 0.488 e. The number of aromatic nitrogens is 2. The summed E-state index contributed by atoms with van der Waals surface area (Å²) in [5.41, 5.74) is 2.53. The predicted molar refractivity (Wildman–Crippen MR) is 132 cm³/mol. The summed E-state index contributed by atoms with van der Waals surface area (Å²) in [6.07, 6.45) is 2.85. The van der Waals surface area contributed by atoms with E-state index in [-0.39, 0.29) is 12.2 Å². The van der Waals surface area contributed by atoms with Crippen molar-refractivity contribution in [2.75, 3.05) is 26.5 Å². The number of aliphatic imine (C=N–C) groups is 1. The quantitative estimate of drug-likeness (QED) is 0.432. The van der Waals surface area contributed by atoms with Crippen molar-refractivity contribution >= 4 is 16.5 Å². The summed E-state index contributed by atoms with van der Waals surface area (Å²) in [5, 5.41) is 0.316. The number of nitrogens with one attached hydrogen (secondary N) is 1. The molecule has 3 aromatic rings. The van der Waals surface area contributed by atoms with E-state index < -0.39 is 10.6 Å². The van der Waals surface area contributed by atoms with Crippen LogP contribution in [0.2, 0.25) is 0 Å². The highest BCUT2D eigenvalue weighted by Gasteiger charge is 2.19. The third-order valence-electron chi connectivity index (χ3n) is 5.00. The minimum Gasteiger partial charge on any atom is -0.488 e. The maximum atomic E-state index is 9.89. The molecule has 3 heterocycles. The van der Waals surface area contributed by atoms with Crippen molar-refractivity contribution in [3.8, 4) is 28.5 Å². The molecular formula is C24H30N3O6S+. The number of ether oxygens (including phenoxy) is 4. The Bertz CT molecular complexity index is 1160. The zero-order valence-corrected chi connectivity index (χ0v) is 20.4. The second-order valence-electron chi connectivity index (χ2n) is 8.25.